The summed E-state index contributed by atoms with van der Waals surface area (Å²) in [7, 11) is 2.04. The average Bonchev–Trinajstić information content (AvgIpc) is 2.82. The lowest BCUT2D eigenvalue weighted by atomic mass is 9.78. The van der Waals surface area contributed by atoms with Crippen LogP contribution in [0.4, 0.5) is 5.69 Å². The van der Waals surface area contributed by atoms with Gasteiger partial charge in [-0.1, -0.05) is 6.07 Å². The van der Waals surface area contributed by atoms with Crippen molar-refractivity contribution < 1.29 is 23.9 Å². The van der Waals surface area contributed by atoms with E-state index in [4.69, 9.17) is 14.1 Å². The van der Waals surface area contributed by atoms with E-state index in [0.717, 1.165) is 5.56 Å². The predicted molar refractivity (Wildman–Crippen MR) is 95.7 cm³/mol. The molecule has 0 aromatic heterocycles. The Balaban J connectivity index is 1.86. The first-order valence-electron chi connectivity index (χ1n) is 7.89. The molecule has 0 saturated carbocycles. The third-order valence-electron chi connectivity index (χ3n) is 4.28. The van der Waals surface area contributed by atoms with E-state index in [1.165, 1.54) is 7.11 Å². The minimum Gasteiger partial charge on any atom is -0.497 e. The fourth-order valence-electron chi connectivity index (χ4n) is 2.98. The van der Waals surface area contributed by atoms with Crippen molar-refractivity contribution in [3.05, 3.63) is 47.5 Å². The van der Waals surface area contributed by atoms with E-state index in [1.54, 1.807) is 37.4 Å². The zero-order chi connectivity index (χ0) is 18.2. The van der Waals surface area contributed by atoms with Crippen molar-refractivity contribution in [2.75, 3.05) is 19.5 Å². The first-order chi connectivity index (χ1) is 11.9. The molecule has 0 spiro atoms. The molecule has 1 aliphatic heterocycles. The number of rotatable bonds is 4. The molecule has 0 radical (unpaired) electrons. The maximum absolute atomic E-state index is 12.6. The molecule has 0 fully saturated rings. The van der Waals surface area contributed by atoms with Gasteiger partial charge in [0.2, 0.25) is 0 Å². The number of hydrogen-bond acceptors (Lipinski definition) is 5. The fourth-order valence-corrected chi connectivity index (χ4v) is 2.98. The summed E-state index contributed by atoms with van der Waals surface area (Å²) in [5.74, 6) is 0.711. The van der Waals surface area contributed by atoms with Crippen LogP contribution >= 0.6 is 0 Å². The third kappa shape index (κ3) is 3.20. The fraction of sp³-hybridized carbons (Fsp3) is 0.278. The molecule has 130 valence electrons. The van der Waals surface area contributed by atoms with E-state index in [1.807, 2.05) is 19.9 Å². The molecule has 2 aromatic carbocycles. The molecule has 0 saturated heterocycles. The van der Waals surface area contributed by atoms with Gasteiger partial charge in [-0.25, -0.2) is 0 Å². The SMILES string of the molecule is COc1ccc(C(=O)Nc2ccc3c(c2)B(O)OC3(C)C)c(OC)c1. The Morgan fingerprint density at radius 1 is 1.16 bits per heavy atom. The molecule has 25 heavy (non-hydrogen) atoms. The number of carbonyl (C=O) groups is 1. The summed E-state index contributed by atoms with van der Waals surface area (Å²) in [6.07, 6.45) is 0. The van der Waals surface area contributed by atoms with Crippen LogP contribution in [0.15, 0.2) is 36.4 Å². The van der Waals surface area contributed by atoms with Gasteiger partial charge in [-0.15, -0.1) is 0 Å². The van der Waals surface area contributed by atoms with Gasteiger partial charge >= 0.3 is 7.12 Å². The van der Waals surface area contributed by atoms with E-state index in [9.17, 15) is 9.82 Å². The molecule has 1 amide bonds. The van der Waals surface area contributed by atoms with Crippen molar-refractivity contribution in [1.29, 1.82) is 0 Å². The summed E-state index contributed by atoms with van der Waals surface area (Å²) in [4.78, 5) is 12.6. The summed E-state index contributed by atoms with van der Waals surface area (Å²) < 4.78 is 15.9. The van der Waals surface area contributed by atoms with Crippen molar-refractivity contribution in [3.8, 4) is 11.5 Å². The van der Waals surface area contributed by atoms with Crippen molar-refractivity contribution in [2.24, 2.45) is 0 Å². The highest BCUT2D eigenvalue weighted by Gasteiger charge is 2.40. The van der Waals surface area contributed by atoms with Crippen LogP contribution in [0.2, 0.25) is 0 Å². The first kappa shape index (κ1) is 17.3. The van der Waals surface area contributed by atoms with Gasteiger partial charge in [0.15, 0.2) is 0 Å². The van der Waals surface area contributed by atoms with Crippen LogP contribution < -0.4 is 20.3 Å². The van der Waals surface area contributed by atoms with Crippen molar-refractivity contribution in [3.63, 3.8) is 0 Å². The molecule has 3 rings (SSSR count). The van der Waals surface area contributed by atoms with Gasteiger partial charge in [0, 0.05) is 11.8 Å². The summed E-state index contributed by atoms with van der Waals surface area (Å²) >= 11 is 0. The number of ether oxygens (including phenoxy) is 2. The molecule has 1 aliphatic rings. The number of benzene rings is 2. The lowest BCUT2D eigenvalue weighted by molar-refractivity contribution is 0.100. The topological polar surface area (TPSA) is 77.0 Å². The third-order valence-corrected chi connectivity index (χ3v) is 4.28. The van der Waals surface area contributed by atoms with Gasteiger partial charge in [0.05, 0.1) is 25.4 Å². The number of fused-ring (bicyclic) bond motifs is 1. The summed E-state index contributed by atoms with van der Waals surface area (Å²) in [5, 5.41) is 12.9. The molecule has 0 aliphatic carbocycles. The van der Waals surface area contributed by atoms with Crippen molar-refractivity contribution >= 4 is 24.2 Å². The molecule has 6 nitrogen and oxygen atoms in total. The van der Waals surface area contributed by atoms with Crippen LogP contribution in [0.1, 0.15) is 29.8 Å². The summed E-state index contributed by atoms with van der Waals surface area (Å²) in [6, 6.07) is 10.4. The Labute approximate surface area is 146 Å². The second-order valence-electron chi connectivity index (χ2n) is 6.30. The van der Waals surface area contributed by atoms with Crippen LogP contribution in [-0.2, 0) is 10.3 Å². The van der Waals surface area contributed by atoms with Crippen LogP contribution in [0.25, 0.3) is 0 Å². The first-order valence-corrected chi connectivity index (χ1v) is 7.89. The highest BCUT2D eigenvalue weighted by molar-refractivity contribution is 6.62. The summed E-state index contributed by atoms with van der Waals surface area (Å²) in [6.45, 7) is 3.78. The van der Waals surface area contributed by atoms with Gasteiger partial charge in [-0.3, -0.25) is 4.79 Å². The second kappa shape index (κ2) is 6.42. The van der Waals surface area contributed by atoms with Gasteiger partial charge in [-0.05, 0) is 49.1 Å². The molecule has 0 unspecified atom stereocenters. The number of nitrogens with one attached hydrogen (secondary N) is 1. The Kier molecular flexibility index (Phi) is 4.45. The number of carbonyl (C=O) groups excluding carboxylic acids is 1. The summed E-state index contributed by atoms with van der Waals surface area (Å²) in [5.41, 5.74) is 1.96. The molecular formula is C18H20BNO5. The Morgan fingerprint density at radius 2 is 1.92 bits per heavy atom. The van der Waals surface area contributed by atoms with E-state index in [0.29, 0.717) is 28.2 Å². The molecule has 0 atom stereocenters. The number of hydrogen-bond donors (Lipinski definition) is 2. The lowest BCUT2D eigenvalue weighted by Crippen LogP contribution is -2.29. The van der Waals surface area contributed by atoms with Gasteiger partial charge in [-0.2, -0.15) is 0 Å². The van der Waals surface area contributed by atoms with E-state index < -0.39 is 12.7 Å². The van der Waals surface area contributed by atoms with Crippen molar-refractivity contribution in [1.82, 2.24) is 0 Å². The standard InChI is InChI=1S/C18H20BNO5/c1-18(2)14-8-5-11(9-15(14)19(22)25-18)20-17(21)13-7-6-12(23-3)10-16(13)24-4/h5-10,22H,1-4H3,(H,20,21). The second-order valence-corrected chi connectivity index (χ2v) is 6.30. The largest absolute Gasteiger partial charge is 0.497 e. The lowest BCUT2D eigenvalue weighted by Gasteiger charge is -2.19. The minimum atomic E-state index is -1.00. The molecule has 2 aromatic rings. The molecule has 7 heteroatoms. The van der Waals surface area contributed by atoms with Crippen LogP contribution in [0.5, 0.6) is 11.5 Å². The van der Waals surface area contributed by atoms with Crippen LogP contribution in [0.3, 0.4) is 0 Å². The number of amides is 1. The van der Waals surface area contributed by atoms with Gasteiger partial charge in [0.1, 0.15) is 11.5 Å². The number of methoxy groups -OCH3 is 2. The highest BCUT2D eigenvalue weighted by Crippen LogP contribution is 2.31. The molecule has 0 bridgehead atoms. The number of anilines is 1. The van der Waals surface area contributed by atoms with Crippen molar-refractivity contribution in [2.45, 2.75) is 19.4 Å². The monoisotopic (exact) mass is 341 g/mol. The predicted octanol–water partition coefficient (Wildman–Crippen LogP) is 1.91. The zero-order valence-electron chi connectivity index (χ0n) is 14.6. The Bertz CT molecular complexity index is 821. The van der Waals surface area contributed by atoms with Crippen LogP contribution in [-0.4, -0.2) is 32.3 Å². The normalized spacial score (nSPS) is 14.8. The molecule has 2 N–H and O–H groups in total. The molecule has 1 heterocycles. The average molecular weight is 341 g/mol. The minimum absolute atomic E-state index is 0.313. The van der Waals surface area contributed by atoms with Gasteiger partial charge < -0.3 is 24.5 Å². The Morgan fingerprint density at radius 3 is 2.60 bits per heavy atom. The van der Waals surface area contributed by atoms with E-state index in [-0.39, 0.29) is 5.91 Å². The smallest absolute Gasteiger partial charge is 0.492 e. The maximum Gasteiger partial charge on any atom is 0.492 e. The van der Waals surface area contributed by atoms with E-state index >= 15 is 0 Å². The maximum atomic E-state index is 12.6. The Hall–Kier alpha value is -2.51. The zero-order valence-corrected chi connectivity index (χ0v) is 14.6. The van der Waals surface area contributed by atoms with Crippen LogP contribution in [0, 0.1) is 0 Å². The molecular weight excluding hydrogens is 321 g/mol. The van der Waals surface area contributed by atoms with E-state index in [2.05, 4.69) is 5.32 Å². The van der Waals surface area contributed by atoms with Gasteiger partial charge in [0.25, 0.3) is 5.91 Å². The highest BCUT2D eigenvalue weighted by atomic mass is 16.5. The quantitative estimate of drug-likeness (QED) is 0.831.